The smallest absolute Gasteiger partial charge is 0.254 e. The van der Waals surface area contributed by atoms with E-state index in [9.17, 15) is 4.79 Å². The Hall–Kier alpha value is -2.79. The summed E-state index contributed by atoms with van der Waals surface area (Å²) in [6, 6.07) is 12.3. The van der Waals surface area contributed by atoms with Gasteiger partial charge < -0.3 is 4.98 Å². The van der Waals surface area contributed by atoms with Crippen molar-refractivity contribution in [2.75, 3.05) is 6.54 Å². The van der Waals surface area contributed by atoms with Gasteiger partial charge in [-0.2, -0.15) is 0 Å². The second-order valence-electron chi connectivity index (χ2n) is 6.66. The lowest BCUT2D eigenvalue weighted by atomic mass is 10.0. The molecule has 0 bridgehead atoms. The number of rotatable bonds is 4. The van der Waals surface area contributed by atoms with Crippen LogP contribution in [0.1, 0.15) is 29.3 Å². The van der Waals surface area contributed by atoms with Crippen molar-refractivity contribution in [3.63, 3.8) is 0 Å². The Morgan fingerprint density at radius 1 is 1.15 bits per heavy atom. The first-order valence-corrected chi connectivity index (χ1v) is 9.06. The minimum atomic E-state index is -0.0255. The van der Waals surface area contributed by atoms with E-state index in [2.05, 4.69) is 46.1 Å². The predicted octanol–water partition coefficient (Wildman–Crippen LogP) is 2.95. The molecule has 5 heteroatoms. The van der Waals surface area contributed by atoms with Crippen molar-refractivity contribution < 1.29 is 0 Å². The van der Waals surface area contributed by atoms with E-state index in [0.29, 0.717) is 12.4 Å². The van der Waals surface area contributed by atoms with Gasteiger partial charge in [-0.25, -0.2) is 4.98 Å². The summed E-state index contributed by atoms with van der Waals surface area (Å²) < 4.78 is 0. The van der Waals surface area contributed by atoms with Crippen LogP contribution in [0.2, 0.25) is 0 Å². The number of aryl methyl sites for hydroxylation is 1. The summed E-state index contributed by atoms with van der Waals surface area (Å²) in [4.78, 5) is 26.6. The Balaban J connectivity index is 1.62. The van der Waals surface area contributed by atoms with Crippen LogP contribution in [0.25, 0.3) is 11.4 Å². The van der Waals surface area contributed by atoms with Crippen molar-refractivity contribution in [3.8, 4) is 11.4 Å². The van der Waals surface area contributed by atoms with Crippen LogP contribution >= 0.6 is 0 Å². The van der Waals surface area contributed by atoms with E-state index >= 15 is 0 Å². The van der Waals surface area contributed by atoms with Gasteiger partial charge in [0.1, 0.15) is 5.82 Å². The van der Waals surface area contributed by atoms with Crippen LogP contribution in [0.15, 0.2) is 53.6 Å². The molecule has 0 spiro atoms. The molecule has 132 valence electrons. The summed E-state index contributed by atoms with van der Waals surface area (Å²) in [6.45, 7) is 4.65. The molecule has 0 amide bonds. The van der Waals surface area contributed by atoms with Crippen molar-refractivity contribution in [3.05, 3.63) is 81.5 Å². The Morgan fingerprint density at radius 3 is 2.77 bits per heavy atom. The number of benzene rings is 1. The van der Waals surface area contributed by atoms with Crippen molar-refractivity contribution >= 4 is 0 Å². The molecule has 1 aliphatic heterocycles. The fourth-order valence-electron chi connectivity index (χ4n) is 3.57. The van der Waals surface area contributed by atoms with E-state index in [4.69, 9.17) is 4.98 Å². The maximum atomic E-state index is 12.5. The van der Waals surface area contributed by atoms with E-state index in [1.807, 2.05) is 12.1 Å². The summed E-state index contributed by atoms with van der Waals surface area (Å²) >= 11 is 0. The van der Waals surface area contributed by atoms with Gasteiger partial charge in [-0.3, -0.25) is 14.7 Å². The van der Waals surface area contributed by atoms with Crippen LogP contribution in [-0.2, 0) is 25.9 Å². The van der Waals surface area contributed by atoms with Crippen LogP contribution < -0.4 is 5.56 Å². The van der Waals surface area contributed by atoms with Gasteiger partial charge >= 0.3 is 0 Å². The predicted molar refractivity (Wildman–Crippen MR) is 102 cm³/mol. The Morgan fingerprint density at radius 2 is 2.00 bits per heavy atom. The molecule has 3 heterocycles. The lowest BCUT2D eigenvalue weighted by Gasteiger charge is -2.28. The van der Waals surface area contributed by atoms with Gasteiger partial charge in [0, 0.05) is 43.2 Å². The normalized spacial score (nSPS) is 14.2. The molecule has 1 aliphatic rings. The van der Waals surface area contributed by atoms with Gasteiger partial charge in [0.2, 0.25) is 0 Å². The maximum absolute atomic E-state index is 12.5. The second-order valence-corrected chi connectivity index (χ2v) is 6.66. The number of aromatic amines is 1. The molecule has 0 unspecified atom stereocenters. The Kier molecular flexibility index (Phi) is 4.63. The molecule has 4 rings (SSSR count). The summed E-state index contributed by atoms with van der Waals surface area (Å²) in [5.74, 6) is 0.595. The van der Waals surface area contributed by atoms with Gasteiger partial charge in [0.25, 0.3) is 5.56 Å². The van der Waals surface area contributed by atoms with Crippen LogP contribution in [0, 0.1) is 0 Å². The second kappa shape index (κ2) is 7.22. The topological polar surface area (TPSA) is 61.9 Å². The van der Waals surface area contributed by atoms with E-state index in [1.54, 1.807) is 12.4 Å². The minimum absolute atomic E-state index is 0.0255. The molecule has 0 saturated carbocycles. The highest BCUT2D eigenvalue weighted by Gasteiger charge is 2.22. The molecule has 2 aromatic heterocycles. The van der Waals surface area contributed by atoms with Crippen LogP contribution in [0.3, 0.4) is 0 Å². The molecule has 26 heavy (non-hydrogen) atoms. The van der Waals surface area contributed by atoms with Gasteiger partial charge in [-0.15, -0.1) is 0 Å². The molecule has 3 aromatic rings. The monoisotopic (exact) mass is 346 g/mol. The number of aromatic nitrogens is 3. The molecule has 0 saturated heterocycles. The molecule has 0 atom stereocenters. The number of nitrogens with one attached hydrogen (secondary N) is 1. The van der Waals surface area contributed by atoms with Gasteiger partial charge in [-0.05, 0) is 36.1 Å². The number of H-pyrrole nitrogens is 1. The number of hydrogen-bond acceptors (Lipinski definition) is 4. The van der Waals surface area contributed by atoms with Crippen LogP contribution in [0.4, 0.5) is 0 Å². The number of fused-ring (bicyclic) bond motifs is 1. The van der Waals surface area contributed by atoms with Gasteiger partial charge in [0.15, 0.2) is 0 Å². The number of nitrogens with zero attached hydrogens (tertiary/aromatic N) is 3. The van der Waals surface area contributed by atoms with Crippen molar-refractivity contribution in [1.82, 2.24) is 19.9 Å². The van der Waals surface area contributed by atoms with E-state index in [-0.39, 0.29) is 5.56 Å². The largest absolute Gasteiger partial charge is 0.306 e. The minimum Gasteiger partial charge on any atom is -0.306 e. The van der Waals surface area contributed by atoms with Crippen LogP contribution in [0.5, 0.6) is 0 Å². The zero-order valence-electron chi connectivity index (χ0n) is 14.9. The number of pyridine rings is 1. The average Bonchev–Trinajstić information content (AvgIpc) is 2.69. The molecule has 0 fully saturated rings. The fraction of sp³-hybridized carbons (Fsp3) is 0.286. The summed E-state index contributed by atoms with van der Waals surface area (Å²) in [7, 11) is 0. The average molecular weight is 346 g/mol. The third-order valence-electron chi connectivity index (χ3n) is 4.98. The molecular formula is C21H22N4O. The highest BCUT2D eigenvalue weighted by atomic mass is 16.1. The molecule has 1 aromatic carbocycles. The zero-order chi connectivity index (χ0) is 17.9. The first-order chi connectivity index (χ1) is 12.7. The van der Waals surface area contributed by atoms with Crippen LogP contribution in [-0.4, -0.2) is 26.4 Å². The fourth-order valence-corrected chi connectivity index (χ4v) is 3.57. The molecule has 5 nitrogen and oxygen atoms in total. The van der Waals surface area contributed by atoms with Gasteiger partial charge in [-0.1, -0.05) is 31.2 Å². The molecule has 0 aliphatic carbocycles. The van der Waals surface area contributed by atoms with E-state index in [1.165, 1.54) is 11.1 Å². The highest BCUT2D eigenvalue weighted by molar-refractivity contribution is 5.53. The maximum Gasteiger partial charge on any atom is 0.254 e. The molecular weight excluding hydrogens is 324 g/mol. The van der Waals surface area contributed by atoms with Crippen molar-refractivity contribution in [2.24, 2.45) is 0 Å². The Bertz CT molecular complexity index is 965. The summed E-state index contributed by atoms with van der Waals surface area (Å²) in [6.07, 6.45) is 5.21. The number of hydrogen-bond donors (Lipinski definition) is 1. The highest BCUT2D eigenvalue weighted by Crippen LogP contribution is 2.21. The third-order valence-corrected chi connectivity index (χ3v) is 4.98. The van der Waals surface area contributed by atoms with Crippen molar-refractivity contribution in [2.45, 2.75) is 32.9 Å². The summed E-state index contributed by atoms with van der Waals surface area (Å²) in [5, 5.41) is 0. The quantitative estimate of drug-likeness (QED) is 0.789. The van der Waals surface area contributed by atoms with Crippen molar-refractivity contribution in [1.29, 1.82) is 0 Å². The lowest BCUT2D eigenvalue weighted by Crippen LogP contribution is -2.35. The first kappa shape index (κ1) is 16.7. The zero-order valence-corrected chi connectivity index (χ0v) is 14.9. The van der Waals surface area contributed by atoms with Gasteiger partial charge in [0.05, 0.1) is 5.69 Å². The SMILES string of the molecule is CCc1ccccc1CN1CCc2c(nc(-c3cccnc3)[nH]c2=O)C1. The Labute approximate surface area is 152 Å². The summed E-state index contributed by atoms with van der Waals surface area (Å²) in [5.41, 5.74) is 5.25. The third kappa shape index (κ3) is 3.30. The first-order valence-electron chi connectivity index (χ1n) is 9.06. The molecule has 0 radical (unpaired) electrons. The van der Waals surface area contributed by atoms with E-state index < -0.39 is 0 Å². The van der Waals surface area contributed by atoms with E-state index in [0.717, 1.165) is 42.8 Å². The molecule has 1 N–H and O–H groups in total. The lowest BCUT2D eigenvalue weighted by molar-refractivity contribution is 0.240. The standard InChI is InChI=1S/C21H22N4O/c1-2-15-6-3-4-7-17(15)13-25-11-9-18-19(14-25)23-20(24-21(18)26)16-8-5-10-22-12-16/h3-8,10,12H,2,9,11,13-14H2,1H3,(H,23,24,26).